The van der Waals surface area contributed by atoms with Gasteiger partial charge in [-0.2, -0.15) is 8.78 Å². The van der Waals surface area contributed by atoms with Gasteiger partial charge in [-0.3, -0.25) is 4.99 Å². The van der Waals surface area contributed by atoms with Crippen molar-refractivity contribution in [1.82, 2.24) is 15.5 Å². The topological polar surface area (TPSA) is 67.4 Å². The number of hydrogen-bond donors (Lipinski definition) is 2. The Hall–Kier alpha value is -1.56. The summed E-state index contributed by atoms with van der Waals surface area (Å²) in [5.41, 5.74) is 0.543. The predicted octanol–water partition coefficient (Wildman–Crippen LogP) is 3.81. The van der Waals surface area contributed by atoms with E-state index in [1.54, 1.807) is 13.1 Å². The standard InChI is InChI=1S/C21H32F2N4O3.HI/c1-15-6-5-9-27(13-15)8-4-3-7-25-21(24-2)26-12-16-10-18-19(29-14-28-18)11-17(16)30-20(22)23;/h10-11,15,20H,3-9,12-14H2,1-2H3,(H2,24,25,26);1H. The normalized spacial score (nSPS) is 18.6. The van der Waals surface area contributed by atoms with Crippen LogP contribution in [0.15, 0.2) is 17.1 Å². The summed E-state index contributed by atoms with van der Waals surface area (Å²) in [4.78, 5) is 6.75. The first-order chi connectivity index (χ1) is 14.5. The minimum absolute atomic E-state index is 0. The van der Waals surface area contributed by atoms with Gasteiger partial charge in [0.15, 0.2) is 17.5 Å². The number of benzene rings is 1. The van der Waals surface area contributed by atoms with Gasteiger partial charge in [0.05, 0.1) is 0 Å². The first kappa shape index (κ1) is 25.7. The van der Waals surface area contributed by atoms with Gasteiger partial charge >= 0.3 is 6.61 Å². The van der Waals surface area contributed by atoms with Crippen molar-refractivity contribution in [3.63, 3.8) is 0 Å². The lowest BCUT2D eigenvalue weighted by atomic mass is 10.0. The van der Waals surface area contributed by atoms with Crippen LogP contribution in [0.3, 0.4) is 0 Å². The number of guanidine groups is 1. The zero-order valence-electron chi connectivity index (χ0n) is 18.2. The van der Waals surface area contributed by atoms with Gasteiger partial charge in [0, 0.05) is 38.3 Å². The first-order valence-electron chi connectivity index (χ1n) is 10.6. The third-order valence-corrected chi connectivity index (χ3v) is 5.38. The van der Waals surface area contributed by atoms with Gasteiger partial charge in [-0.15, -0.1) is 24.0 Å². The summed E-state index contributed by atoms with van der Waals surface area (Å²) >= 11 is 0. The van der Waals surface area contributed by atoms with Crippen molar-refractivity contribution in [2.75, 3.05) is 40.0 Å². The average Bonchev–Trinajstić information content (AvgIpc) is 3.16. The molecule has 176 valence electrons. The Bertz CT molecular complexity index is 724. The van der Waals surface area contributed by atoms with E-state index >= 15 is 0 Å². The summed E-state index contributed by atoms with van der Waals surface area (Å²) in [5.74, 6) is 2.40. The van der Waals surface area contributed by atoms with E-state index in [1.165, 1.54) is 32.0 Å². The van der Waals surface area contributed by atoms with Gasteiger partial charge in [0.2, 0.25) is 6.79 Å². The molecule has 0 amide bonds. The molecule has 1 aromatic carbocycles. The third kappa shape index (κ3) is 8.13. The Morgan fingerprint density at radius 2 is 2.03 bits per heavy atom. The number of hydrogen-bond acceptors (Lipinski definition) is 5. The van der Waals surface area contributed by atoms with E-state index in [0.29, 0.717) is 23.0 Å². The van der Waals surface area contributed by atoms with Gasteiger partial charge in [-0.25, -0.2) is 0 Å². The number of likely N-dealkylation sites (tertiary alicyclic amines) is 1. The quantitative estimate of drug-likeness (QED) is 0.210. The fraction of sp³-hybridized carbons (Fsp3) is 0.667. The lowest BCUT2D eigenvalue weighted by molar-refractivity contribution is -0.0505. The van der Waals surface area contributed by atoms with E-state index in [2.05, 4.69) is 32.2 Å². The highest BCUT2D eigenvalue weighted by Gasteiger charge is 2.20. The molecular weight excluding hydrogens is 521 g/mol. The number of rotatable bonds is 9. The number of ether oxygens (including phenoxy) is 3. The third-order valence-electron chi connectivity index (χ3n) is 5.38. The van der Waals surface area contributed by atoms with Crippen LogP contribution in [0.2, 0.25) is 0 Å². The van der Waals surface area contributed by atoms with Gasteiger partial charge in [0.25, 0.3) is 0 Å². The number of piperidine rings is 1. The van der Waals surface area contributed by atoms with E-state index in [0.717, 1.165) is 31.8 Å². The summed E-state index contributed by atoms with van der Waals surface area (Å²) in [6, 6.07) is 3.09. The highest BCUT2D eigenvalue weighted by molar-refractivity contribution is 14.0. The number of nitrogens with zero attached hydrogens (tertiary/aromatic N) is 2. The van der Waals surface area contributed by atoms with Crippen molar-refractivity contribution in [2.45, 2.75) is 45.8 Å². The summed E-state index contributed by atoms with van der Waals surface area (Å²) in [6.07, 6.45) is 4.81. The number of nitrogens with one attached hydrogen (secondary N) is 2. The first-order valence-corrected chi connectivity index (χ1v) is 10.6. The predicted molar refractivity (Wildman–Crippen MR) is 127 cm³/mol. The monoisotopic (exact) mass is 554 g/mol. The van der Waals surface area contributed by atoms with E-state index in [9.17, 15) is 8.78 Å². The van der Waals surface area contributed by atoms with Crippen LogP contribution in [-0.4, -0.2) is 57.5 Å². The Balaban J connectivity index is 0.00000341. The van der Waals surface area contributed by atoms with Gasteiger partial charge < -0.3 is 29.7 Å². The van der Waals surface area contributed by atoms with Crippen LogP contribution >= 0.6 is 24.0 Å². The molecule has 31 heavy (non-hydrogen) atoms. The van der Waals surface area contributed by atoms with Gasteiger partial charge in [0.1, 0.15) is 5.75 Å². The molecule has 1 atom stereocenters. The zero-order chi connectivity index (χ0) is 21.3. The number of aliphatic imine (C=N–C) groups is 1. The molecule has 1 unspecified atom stereocenters. The molecule has 2 aliphatic heterocycles. The molecule has 7 nitrogen and oxygen atoms in total. The number of alkyl halides is 2. The second-order valence-electron chi connectivity index (χ2n) is 7.80. The summed E-state index contributed by atoms with van der Waals surface area (Å²) in [6.45, 7) is 4.08. The molecule has 2 aliphatic rings. The van der Waals surface area contributed by atoms with Crippen molar-refractivity contribution >= 4 is 29.9 Å². The maximum absolute atomic E-state index is 12.8. The SMILES string of the molecule is CN=C(NCCCCN1CCCC(C)C1)NCc1cc2c(cc1OC(F)F)OCO2.I. The molecule has 3 rings (SSSR count). The molecular formula is C21H33F2IN4O3. The van der Waals surface area contributed by atoms with Crippen molar-refractivity contribution in [3.05, 3.63) is 17.7 Å². The molecule has 0 bridgehead atoms. The van der Waals surface area contributed by atoms with Crippen LogP contribution in [-0.2, 0) is 6.54 Å². The van der Waals surface area contributed by atoms with E-state index in [4.69, 9.17) is 9.47 Å². The van der Waals surface area contributed by atoms with Gasteiger partial charge in [-0.1, -0.05) is 6.92 Å². The van der Waals surface area contributed by atoms with Crippen LogP contribution in [0.1, 0.15) is 38.2 Å². The molecule has 0 saturated carbocycles. The molecule has 0 aliphatic carbocycles. The lowest BCUT2D eigenvalue weighted by Gasteiger charge is -2.30. The fourth-order valence-corrected chi connectivity index (χ4v) is 3.87. The molecule has 0 spiro atoms. The van der Waals surface area contributed by atoms with Crippen LogP contribution < -0.4 is 24.8 Å². The summed E-state index contributed by atoms with van der Waals surface area (Å²) in [5, 5.41) is 6.42. The second kappa shape index (κ2) is 13.1. The minimum Gasteiger partial charge on any atom is -0.454 e. The van der Waals surface area contributed by atoms with E-state index < -0.39 is 6.61 Å². The molecule has 2 heterocycles. The number of unbranched alkanes of at least 4 members (excludes halogenated alkanes) is 1. The van der Waals surface area contributed by atoms with Gasteiger partial charge in [-0.05, 0) is 50.8 Å². The average molecular weight is 554 g/mol. The summed E-state index contributed by atoms with van der Waals surface area (Å²) < 4.78 is 40.7. The Morgan fingerprint density at radius 1 is 1.26 bits per heavy atom. The molecule has 2 N–H and O–H groups in total. The summed E-state index contributed by atoms with van der Waals surface area (Å²) in [7, 11) is 1.68. The largest absolute Gasteiger partial charge is 0.454 e. The number of fused-ring (bicyclic) bond motifs is 1. The highest BCUT2D eigenvalue weighted by atomic mass is 127. The van der Waals surface area contributed by atoms with Crippen LogP contribution in [0.4, 0.5) is 8.78 Å². The smallest absolute Gasteiger partial charge is 0.387 e. The Kier molecular flexibility index (Phi) is 10.9. The second-order valence-corrected chi connectivity index (χ2v) is 7.80. The van der Waals surface area contributed by atoms with Crippen LogP contribution in [0.5, 0.6) is 17.2 Å². The zero-order valence-corrected chi connectivity index (χ0v) is 20.5. The van der Waals surface area contributed by atoms with Crippen molar-refractivity contribution in [1.29, 1.82) is 0 Å². The molecule has 1 fully saturated rings. The fourth-order valence-electron chi connectivity index (χ4n) is 3.87. The Morgan fingerprint density at radius 3 is 2.74 bits per heavy atom. The maximum Gasteiger partial charge on any atom is 0.387 e. The highest BCUT2D eigenvalue weighted by Crippen LogP contribution is 2.38. The van der Waals surface area contributed by atoms with E-state index in [-0.39, 0.29) is 43.1 Å². The van der Waals surface area contributed by atoms with Crippen molar-refractivity contribution < 1.29 is 23.0 Å². The molecule has 10 heteroatoms. The lowest BCUT2D eigenvalue weighted by Crippen LogP contribution is -2.38. The van der Waals surface area contributed by atoms with E-state index in [1.807, 2.05) is 0 Å². The Labute approximate surface area is 199 Å². The van der Waals surface area contributed by atoms with Crippen molar-refractivity contribution in [2.24, 2.45) is 10.9 Å². The van der Waals surface area contributed by atoms with Crippen molar-refractivity contribution in [3.8, 4) is 17.2 Å². The molecule has 0 aromatic heterocycles. The molecule has 1 aromatic rings. The minimum atomic E-state index is -2.91. The molecule has 1 saturated heterocycles. The molecule has 0 radical (unpaired) electrons. The maximum atomic E-state index is 12.8. The van der Waals surface area contributed by atoms with Crippen LogP contribution in [0.25, 0.3) is 0 Å². The van der Waals surface area contributed by atoms with Crippen LogP contribution in [0, 0.1) is 5.92 Å². The number of halogens is 3.